The maximum Gasteiger partial charge on any atom is 0.268 e. The van der Waals surface area contributed by atoms with Crippen molar-refractivity contribution < 1.29 is 14.6 Å². The van der Waals surface area contributed by atoms with E-state index in [1.54, 1.807) is 10.8 Å². The first-order valence-corrected chi connectivity index (χ1v) is 10.8. The number of amides is 1. The van der Waals surface area contributed by atoms with Gasteiger partial charge in [0.2, 0.25) is 0 Å². The monoisotopic (exact) mass is 429 g/mol. The highest BCUT2D eigenvalue weighted by Gasteiger charge is 2.10. The van der Waals surface area contributed by atoms with Crippen LogP contribution in [0.4, 0.5) is 0 Å². The smallest absolute Gasteiger partial charge is 0.268 e. The summed E-state index contributed by atoms with van der Waals surface area (Å²) in [6.07, 6.45) is 4.79. The third-order valence-electron chi connectivity index (χ3n) is 5.47. The first-order chi connectivity index (χ1) is 15.6. The van der Waals surface area contributed by atoms with Crippen molar-refractivity contribution in [3.05, 3.63) is 96.1 Å². The molecule has 1 aromatic heterocycles. The Balaban J connectivity index is 1.30. The van der Waals surface area contributed by atoms with Crippen molar-refractivity contribution in [2.24, 2.45) is 5.73 Å². The van der Waals surface area contributed by atoms with Crippen LogP contribution in [0.3, 0.4) is 0 Å². The van der Waals surface area contributed by atoms with E-state index >= 15 is 0 Å². The van der Waals surface area contributed by atoms with Crippen LogP contribution in [0.25, 0.3) is 10.8 Å². The Morgan fingerprint density at radius 3 is 2.66 bits per heavy atom. The number of fused-ring (bicyclic) bond motifs is 1. The molecule has 4 aromatic rings. The number of ether oxygens (including phenoxy) is 1. The number of para-hydroxylation sites is 1. The highest BCUT2D eigenvalue weighted by molar-refractivity contribution is 5.90. The summed E-state index contributed by atoms with van der Waals surface area (Å²) in [7, 11) is 0. The standard InChI is InChI=1S/C26H27N3O3/c27-26(31)24-16-29(18-28-24)15-23(30)10-5-9-21-7-3-4-11-25(21)32-17-19-12-13-20-6-1-2-8-22(20)14-19/h1-4,6-8,11-14,16,18,23,30H,5,9-10,15,17H2,(H2,27,31). The van der Waals surface area contributed by atoms with E-state index in [0.717, 1.165) is 29.7 Å². The number of benzene rings is 3. The minimum Gasteiger partial charge on any atom is -0.489 e. The minimum atomic E-state index is -0.571. The van der Waals surface area contributed by atoms with E-state index in [-0.39, 0.29) is 5.69 Å². The van der Waals surface area contributed by atoms with Crippen LogP contribution in [-0.4, -0.2) is 26.7 Å². The molecule has 0 aliphatic heterocycles. The van der Waals surface area contributed by atoms with Gasteiger partial charge >= 0.3 is 0 Å². The molecule has 1 unspecified atom stereocenters. The number of rotatable bonds is 10. The predicted octanol–water partition coefficient (Wildman–Crippen LogP) is 4.10. The lowest BCUT2D eigenvalue weighted by atomic mass is 10.0. The van der Waals surface area contributed by atoms with Crippen LogP contribution in [0, 0.1) is 0 Å². The van der Waals surface area contributed by atoms with Crippen LogP contribution < -0.4 is 10.5 Å². The summed E-state index contributed by atoms with van der Waals surface area (Å²) in [5, 5.41) is 12.8. The molecule has 0 spiro atoms. The van der Waals surface area contributed by atoms with Gasteiger partial charge in [0.1, 0.15) is 18.1 Å². The predicted molar refractivity (Wildman–Crippen MR) is 124 cm³/mol. The van der Waals surface area contributed by atoms with Gasteiger partial charge in [-0.1, -0.05) is 54.6 Å². The second kappa shape index (κ2) is 10.1. The van der Waals surface area contributed by atoms with Crippen molar-refractivity contribution >= 4 is 16.7 Å². The van der Waals surface area contributed by atoms with E-state index in [9.17, 15) is 9.90 Å². The summed E-state index contributed by atoms with van der Waals surface area (Å²) in [6.45, 7) is 0.883. The molecule has 0 aliphatic rings. The van der Waals surface area contributed by atoms with Gasteiger partial charge in [0.05, 0.1) is 12.4 Å². The highest BCUT2D eigenvalue weighted by atomic mass is 16.5. The van der Waals surface area contributed by atoms with Crippen molar-refractivity contribution in [3.63, 3.8) is 0 Å². The summed E-state index contributed by atoms with van der Waals surface area (Å²) < 4.78 is 7.82. The molecule has 1 amide bonds. The van der Waals surface area contributed by atoms with Crippen molar-refractivity contribution in [1.29, 1.82) is 0 Å². The van der Waals surface area contributed by atoms with E-state index in [0.29, 0.717) is 19.6 Å². The average Bonchev–Trinajstić information content (AvgIpc) is 3.27. The Kier molecular flexibility index (Phi) is 6.82. The fourth-order valence-electron chi connectivity index (χ4n) is 3.79. The topological polar surface area (TPSA) is 90.4 Å². The van der Waals surface area contributed by atoms with E-state index in [1.807, 2.05) is 30.3 Å². The summed E-state index contributed by atoms with van der Waals surface area (Å²) in [5.74, 6) is 0.300. The summed E-state index contributed by atoms with van der Waals surface area (Å²) >= 11 is 0. The Labute approximate surface area is 187 Å². The molecule has 4 rings (SSSR count). The van der Waals surface area contributed by atoms with E-state index in [4.69, 9.17) is 10.5 Å². The average molecular weight is 430 g/mol. The second-order valence-corrected chi connectivity index (χ2v) is 7.94. The largest absolute Gasteiger partial charge is 0.489 e. The third-order valence-corrected chi connectivity index (χ3v) is 5.47. The number of hydrogen-bond acceptors (Lipinski definition) is 4. The first-order valence-electron chi connectivity index (χ1n) is 10.8. The molecule has 0 aliphatic carbocycles. The molecule has 6 heteroatoms. The zero-order valence-electron chi connectivity index (χ0n) is 17.9. The zero-order valence-corrected chi connectivity index (χ0v) is 17.9. The molecular formula is C26H27N3O3. The molecule has 3 N–H and O–H groups in total. The van der Waals surface area contributed by atoms with Crippen LogP contribution in [-0.2, 0) is 19.6 Å². The van der Waals surface area contributed by atoms with Gasteiger partial charge in [0.25, 0.3) is 5.91 Å². The minimum absolute atomic E-state index is 0.203. The number of carbonyl (C=O) groups is 1. The molecule has 6 nitrogen and oxygen atoms in total. The van der Waals surface area contributed by atoms with Crippen molar-refractivity contribution in [3.8, 4) is 5.75 Å². The molecule has 164 valence electrons. The summed E-state index contributed by atoms with van der Waals surface area (Å²) in [4.78, 5) is 15.1. The number of hydrogen-bond donors (Lipinski definition) is 2. The molecule has 1 heterocycles. The molecule has 0 saturated carbocycles. The zero-order chi connectivity index (χ0) is 22.3. The number of aryl methyl sites for hydroxylation is 1. The van der Waals surface area contributed by atoms with Gasteiger partial charge in [-0.15, -0.1) is 0 Å². The van der Waals surface area contributed by atoms with Crippen molar-refractivity contribution in [1.82, 2.24) is 9.55 Å². The van der Waals surface area contributed by atoms with Gasteiger partial charge in [-0.3, -0.25) is 4.79 Å². The molecule has 1 atom stereocenters. The quantitative estimate of drug-likeness (QED) is 0.397. The maximum atomic E-state index is 11.1. The number of carbonyl (C=O) groups excluding carboxylic acids is 1. The maximum absolute atomic E-state index is 11.1. The SMILES string of the molecule is NC(=O)c1cn(CC(O)CCCc2ccccc2OCc2ccc3ccccc3c2)cn1. The van der Waals surface area contributed by atoms with Crippen LogP contribution in [0.5, 0.6) is 5.75 Å². The first kappa shape index (κ1) is 21.6. The molecule has 0 radical (unpaired) electrons. The number of nitrogens with zero attached hydrogens (tertiary/aromatic N) is 2. The highest BCUT2D eigenvalue weighted by Crippen LogP contribution is 2.23. The van der Waals surface area contributed by atoms with Gasteiger partial charge < -0.3 is 20.1 Å². The Bertz CT molecular complexity index is 1200. The van der Waals surface area contributed by atoms with Gasteiger partial charge in [-0.2, -0.15) is 0 Å². The Morgan fingerprint density at radius 1 is 1.06 bits per heavy atom. The summed E-state index contributed by atoms with van der Waals surface area (Å²) in [5.41, 5.74) is 7.67. The third kappa shape index (κ3) is 5.53. The molecule has 0 fully saturated rings. The lowest BCUT2D eigenvalue weighted by molar-refractivity contribution is 0.0995. The molecule has 0 bridgehead atoms. The molecule has 3 aromatic carbocycles. The van der Waals surface area contributed by atoms with Crippen LogP contribution in [0.2, 0.25) is 0 Å². The second-order valence-electron chi connectivity index (χ2n) is 7.94. The number of aliphatic hydroxyl groups is 1. The van der Waals surface area contributed by atoms with Gasteiger partial charge in [-0.25, -0.2) is 4.98 Å². The van der Waals surface area contributed by atoms with Crippen LogP contribution in [0.15, 0.2) is 79.3 Å². The molecular weight excluding hydrogens is 402 g/mol. The van der Waals surface area contributed by atoms with Crippen LogP contribution in [0.1, 0.15) is 34.5 Å². The molecule has 32 heavy (non-hydrogen) atoms. The molecule has 0 saturated heterocycles. The number of aromatic nitrogens is 2. The van der Waals surface area contributed by atoms with Crippen LogP contribution >= 0.6 is 0 Å². The van der Waals surface area contributed by atoms with E-state index in [2.05, 4.69) is 41.4 Å². The normalized spacial score (nSPS) is 12.0. The fourth-order valence-corrected chi connectivity index (χ4v) is 3.79. The number of nitrogens with two attached hydrogens (primary N) is 1. The Morgan fingerprint density at radius 2 is 1.84 bits per heavy atom. The number of aliphatic hydroxyl groups excluding tert-OH is 1. The van der Waals surface area contributed by atoms with E-state index in [1.165, 1.54) is 17.1 Å². The lowest BCUT2D eigenvalue weighted by Crippen LogP contribution is -2.15. The number of primary amides is 1. The van der Waals surface area contributed by atoms with Gasteiger partial charge in [0.15, 0.2) is 0 Å². The van der Waals surface area contributed by atoms with E-state index < -0.39 is 12.0 Å². The Hall–Kier alpha value is -3.64. The number of imidazole rings is 1. The van der Waals surface area contributed by atoms with Crippen molar-refractivity contribution in [2.75, 3.05) is 0 Å². The van der Waals surface area contributed by atoms with Gasteiger partial charge in [-0.05, 0) is 53.3 Å². The van der Waals surface area contributed by atoms with Crippen molar-refractivity contribution in [2.45, 2.75) is 38.5 Å². The fraction of sp³-hybridized carbons (Fsp3) is 0.231. The van der Waals surface area contributed by atoms with Gasteiger partial charge in [0, 0.05) is 12.7 Å². The summed E-state index contributed by atoms with van der Waals surface area (Å²) in [6, 6.07) is 22.7. The lowest BCUT2D eigenvalue weighted by Gasteiger charge is -2.14.